The van der Waals surface area contributed by atoms with Gasteiger partial charge in [0, 0.05) is 17.8 Å². The molecule has 1 saturated heterocycles. The lowest BCUT2D eigenvalue weighted by Crippen LogP contribution is -2.58. The van der Waals surface area contributed by atoms with E-state index in [-0.39, 0.29) is 54.7 Å². The molecule has 0 spiro atoms. The number of halogens is 2. The van der Waals surface area contributed by atoms with Crippen LogP contribution in [0.5, 0.6) is 0 Å². The maximum atomic E-state index is 14.4. The van der Waals surface area contributed by atoms with Gasteiger partial charge in [-0.05, 0) is 37.1 Å². The monoisotopic (exact) mass is 469 g/mol. The average Bonchev–Trinajstić information content (AvgIpc) is 3.41. The number of nitrogens with one attached hydrogen (secondary N) is 1. The Morgan fingerprint density at radius 1 is 1.32 bits per heavy atom. The first kappa shape index (κ1) is 21.8. The van der Waals surface area contributed by atoms with Crippen LogP contribution < -0.4 is 5.32 Å². The Balaban J connectivity index is 1.31. The summed E-state index contributed by atoms with van der Waals surface area (Å²) in [7, 11) is 0. The van der Waals surface area contributed by atoms with Gasteiger partial charge in [0.15, 0.2) is 0 Å². The molecular weight excluding hydrogens is 444 g/mol. The number of hydrogen-bond acceptors (Lipinski definition) is 6. The maximum absolute atomic E-state index is 14.4. The zero-order valence-electron chi connectivity index (χ0n) is 18.8. The van der Waals surface area contributed by atoms with Gasteiger partial charge in [-0.3, -0.25) is 4.79 Å². The second kappa shape index (κ2) is 7.37. The van der Waals surface area contributed by atoms with Crippen LogP contribution in [0.25, 0.3) is 11.3 Å². The minimum atomic E-state index is -1.03. The van der Waals surface area contributed by atoms with Crippen LogP contribution in [-0.2, 0) is 19.9 Å². The number of nitrogens with zero attached hydrogens (tertiary/aromatic N) is 2. The molecule has 4 aliphatic rings. The van der Waals surface area contributed by atoms with Gasteiger partial charge in [0.25, 0.3) is 0 Å². The smallest absolute Gasteiger partial charge is 0.249 e. The lowest BCUT2D eigenvalue weighted by molar-refractivity contribution is -0.179. The number of hydrogen-bond donors (Lipinski definition) is 2. The first-order valence-electron chi connectivity index (χ1n) is 11.6. The summed E-state index contributed by atoms with van der Waals surface area (Å²) in [5.41, 5.74) is 0.692. The van der Waals surface area contributed by atoms with E-state index >= 15 is 0 Å². The molecule has 3 aliphatic carbocycles. The minimum Gasteiger partial charge on any atom is -0.383 e. The predicted molar refractivity (Wildman–Crippen MR) is 116 cm³/mol. The highest BCUT2D eigenvalue weighted by molar-refractivity contribution is 5.81. The van der Waals surface area contributed by atoms with Crippen LogP contribution in [0.15, 0.2) is 35.9 Å². The van der Waals surface area contributed by atoms with Crippen molar-refractivity contribution >= 4 is 5.91 Å². The van der Waals surface area contributed by atoms with Crippen molar-refractivity contribution in [1.29, 1.82) is 0 Å². The highest BCUT2D eigenvalue weighted by Gasteiger charge is 2.69. The molecule has 2 unspecified atom stereocenters. The van der Waals surface area contributed by atoms with E-state index in [1.54, 1.807) is 6.07 Å². The van der Waals surface area contributed by atoms with Crippen molar-refractivity contribution in [2.75, 3.05) is 19.8 Å². The van der Waals surface area contributed by atoms with Crippen molar-refractivity contribution in [3.05, 3.63) is 58.8 Å². The maximum Gasteiger partial charge on any atom is 0.249 e. The Bertz CT molecular complexity index is 1210. The fourth-order valence-electron chi connectivity index (χ4n) is 5.68. The number of rotatable bonds is 7. The molecule has 0 bridgehead atoms. The van der Waals surface area contributed by atoms with E-state index in [0.29, 0.717) is 12.1 Å². The summed E-state index contributed by atoms with van der Waals surface area (Å²) in [4.78, 5) is 12.9. The number of aromatic nitrogens is 2. The zero-order valence-corrected chi connectivity index (χ0v) is 18.8. The summed E-state index contributed by atoms with van der Waals surface area (Å²) in [6, 6.07) is 5.40. The highest BCUT2D eigenvalue weighted by Crippen LogP contribution is 2.73. The van der Waals surface area contributed by atoms with Gasteiger partial charge in [0.2, 0.25) is 5.91 Å². The van der Waals surface area contributed by atoms with Crippen molar-refractivity contribution < 1.29 is 28.2 Å². The van der Waals surface area contributed by atoms with E-state index in [1.807, 2.05) is 13.8 Å². The minimum absolute atomic E-state index is 0.0929. The van der Waals surface area contributed by atoms with Crippen LogP contribution in [-0.4, -0.2) is 52.7 Å². The quantitative estimate of drug-likeness (QED) is 0.606. The van der Waals surface area contributed by atoms with E-state index in [4.69, 9.17) is 9.47 Å². The molecule has 1 aromatic carbocycles. The van der Waals surface area contributed by atoms with Gasteiger partial charge in [-0.2, -0.15) is 5.10 Å². The zero-order chi connectivity index (χ0) is 23.8. The van der Waals surface area contributed by atoms with Crippen LogP contribution in [0.3, 0.4) is 0 Å². The van der Waals surface area contributed by atoms with Crippen molar-refractivity contribution in [3.8, 4) is 11.3 Å². The third-order valence-electron chi connectivity index (χ3n) is 7.60. The van der Waals surface area contributed by atoms with Crippen LogP contribution in [0.1, 0.15) is 37.4 Å². The third kappa shape index (κ3) is 3.07. The molecule has 2 N–H and O–H groups in total. The topological polar surface area (TPSA) is 93.6 Å². The molecule has 2 heterocycles. The normalized spacial score (nSPS) is 30.1. The Morgan fingerprint density at radius 2 is 2.06 bits per heavy atom. The molecular formula is C25H25F2N3O4. The van der Waals surface area contributed by atoms with Crippen LogP contribution in [0, 0.1) is 23.5 Å². The molecule has 2 fully saturated rings. The van der Waals surface area contributed by atoms with Crippen LogP contribution in [0.2, 0.25) is 0 Å². The van der Waals surface area contributed by atoms with E-state index in [1.165, 1.54) is 23.8 Å². The van der Waals surface area contributed by atoms with E-state index in [9.17, 15) is 18.7 Å². The number of benzene rings is 1. The van der Waals surface area contributed by atoms with Gasteiger partial charge in [0.05, 0.1) is 36.7 Å². The van der Waals surface area contributed by atoms with Crippen molar-refractivity contribution in [2.45, 2.75) is 43.5 Å². The van der Waals surface area contributed by atoms with Crippen LogP contribution in [0.4, 0.5) is 8.78 Å². The summed E-state index contributed by atoms with van der Waals surface area (Å²) in [6.07, 6.45) is 1.82. The van der Waals surface area contributed by atoms with Gasteiger partial charge in [-0.25, -0.2) is 8.78 Å². The summed E-state index contributed by atoms with van der Waals surface area (Å²) in [5.74, 6) is -1.21. The van der Waals surface area contributed by atoms with Crippen molar-refractivity contribution in [2.24, 2.45) is 11.8 Å². The first-order valence-corrected chi connectivity index (χ1v) is 11.6. The van der Waals surface area contributed by atoms with Gasteiger partial charge in [-0.1, -0.05) is 24.6 Å². The number of aliphatic hydroxyl groups is 1. The number of ether oxygens (including phenoxy) is 2. The molecule has 1 aliphatic heterocycles. The fourth-order valence-corrected chi connectivity index (χ4v) is 5.68. The second-order valence-corrected chi connectivity index (χ2v) is 9.88. The number of allylic oxidation sites excluding steroid dienone is 1. The van der Waals surface area contributed by atoms with Crippen LogP contribution >= 0.6 is 0 Å². The fraction of sp³-hybridized carbons (Fsp3) is 0.480. The first-order chi connectivity index (χ1) is 16.3. The number of fused-ring (bicyclic) bond motifs is 3. The molecule has 178 valence electrons. The summed E-state index contributed by atoms with van der Waals surface area (Å²) < 4.78 is 40.3. The Hall–Kier alpha value is -2.75. The molecule has 34 heavy (non-hydrogen) atoms. The molecule has 1 amide bonds. The average molecular weight is 469 g/mol. The molecule has 6 rings (SSSR count). The third-order valence-corrected chi connectivity index (χ3v) is 7.60. The predicted octanol–water partition coefficient (Wildman–Crippen LogP) is 2.59. The number of amides is 1. The largest absolute Gasteiger partial charge is 0.383 e. The number of carbonyl (C=O) groups excluding carboxylic acids is 1. The summed E-state index contributed by atoms with van der Waals surface area (Å²) >= 11 is 0. The molecule has 0 radical (unpaired) electrons. The summed E-state index contributed by atoms with van der Waals surface area (Å²) in [6.45, 7) is 4.24. The lowest BCUT2D eigenvalue weighted by atomic mass is 9.76. The van der Waals surface area contributed by atoms with E-state index in [0.717, 1.165) is 5.56 Å². The number of carbonyl (C=O) groups is 1. The van der Waals surface area contributed by atoms with Gasteiger partial charge >= 0.3 is 0 Å². The molecule has 1 saturated carbocycles. The molecule has 2 aromatic rings. The Morgan fingerprint density at radius 3 is 2.71 bits per heavy atom. The van der Waals surface area contributed by atoms with E-state index < -0.39 is 28.9 Å². The Labute approximate surface area is 195 Å². The van der Waals surface area contributed by atoms with Gasteiger partial charge in [0.1, 0.15) is 28.9 Å². The molecule has 5 atom stereocenters. The SMILES string of the molecule is CC[C@@H](O[C@]1(C)c2nnc(-c3c(F)cccc3F)cc2[C@H]2C=C3C2C31)C(=O)NCC1(O)COC1. The van der Waals surface area contributed by atoms with Crippen molar-refractivity contribution in [3.63, 3.8) is 0 Å². The summed E-state index contributed by atoms with van der Waals surface area (Å²) in [5, 5.41) is 21.6. The standard InChI is InChI=1S/C25H25F2N3O4/c1-3-18(23(31)28-9-25(32)10-33-11-25)34-24(2)21-14-7-12(19(14)21)13-8-17(29-30-22(13)24)20-15(26)5-4-6-16(20)27/h4-8,12,18-19,21,32H,3,9-11H2,1-2H3,(H,28,31)/t12-,18-,19?,21?,24+/m1/s1. The van der Waals surface area contributed by atoms with Crippen molar-refractivity contribution in [1.82, 2.24) is 15.5 Å². The van der Waals surface area contributed by atoms with Gasteiger partial charge in [-0.15, -0.1) is 5.10 Å². The molecule has 1 aromatic heterocycles. The molecule has 7 nitrogen and oxygen atoms in total. The second-order valence-electron chi connectivity index (χ2n) is 9.88. The van der Waals surface area contributed by atoms with E-state index in [2.05, 4.69) is 21.6 Å². The molecule has 9 heteroatoms. The Kier molecular flexibility index (Phi) is 4.72. The highest BCUT2D eigenvalue weighted by atomic mass is 19.1. The lowest BCUT2D eigenvalue weighted by Gasteiger charge is -2.39. The van der Waals surface area contributed by atoms with Gasteiger partial charge < -0.3 is 19.9 Å².